The van der Waals surface area contributed by atoms with E-state index < -0.39 is 0 Å². The van der Waals surface area contributed by atoms with E-state index in [0.29, 0.717) is 30.1 Å². The van der Waals surface area contributed by atoms with E-state index in [1.807, 2.05) is 61.2 Å². The Labute approximate surface area is 158 Å². The Morgan fingerprint density at radius 2 is 1.93 bits per heavy atom. The lowest BCUT2D eigenvalue weighted by molar-refractivity contribution is 0.0602. The zero-order valence-electron chi connectivity index (χ0n) is 15.4. The number of rotatable bonds is 3. The quantitative estimate of drug-likeness (QED) is 0.776. The molecule has 27 heavy (non-hydrogen) atoms. The molecule has 0 radical (unpaired) electrons. The minimum atomic E-state index is 0.0503. The average molecular weight is 356 g/mol. The first-order chi connectivity index (χ1) is 13.1. The molecule has 1 aromatic heterocycles. The number of imidazole rings is 1. The molecular formula is C22H20N4O. The van der Waals surface area contributed by atoms with Gasteiger partial charge in [0, 0.05) is 35.8 Å². The first-order valence-electron chi connectivity index (χ1n) is 8.97. The Balaban J connectivity index is 1.50. The Bertz CT molecular complexity index is 1040. The third-order valence-electron chi connectivity index (χ3n) is 5.25. The van der Waals surface area contributed by atoms with Gasteiger partial charge in [0.25, 0.3) is 5.91 Å². The number of amides is 1. The van der Waals surface area contributed by atoms with E-state index in [0.717, 1.165) is 22.5 Å². The summed E-state index contributed by atoms with van der Waals surface area (Å²) in [5.74, 6) is 0.384. The number of likely N-dealkylation sites (tertiary alicyclic amines) is 1. The topological polar surface area (TPSA) is 72.8 Å². The molecule has 4 rings (SSSR count). The van der Waals surface area contributed by atoms with Crippen molar-refractivity contribution in [2.45, 2.75) is 19.8 Å². The molecule has 5 nitrogen and oxygen atoms in total. The summed E-state index contributed by atoms with van der Waals surface area (Å²) in [6, 6.07) is 15.6. The molecule has 1 N–H and O–H groups in total. The second kappa shape index (κ2) is 6.73. The summed E-state index contributed by atoms with van der Waals surface area (Å²) in [6.07, 6.45) is 1.68. The monoisotopic (exact) mass is 356 g/mol. The molecule has 1 fully saturated rings. The number of carbonyl (C=O) groups is 1. The van der Waals surface area contributed by atoms with Crippen molar-refractivity contribution < 1.29 is 4.79 Å². The number of nitriles is 1. The molecule has 0 saturated carbocycles. The highest BCUT2D eigenvalue weighted by atomic mass is 16.2. The third-order valence-corrected chi connectivity index (χ3v) is 5.25. The molecule has 2 heterocycles. The van der Waals surface area contributed by atoms with E-state index in [4.69, 9.17) is 5.26 Å². The number of carbonyl (C=O) groups excluding carboxylic acids is 1. The van der Waals surface area contributed by atoms with E-state index in [1.54, 1.807) is 6.33 Å². The van der Waals surface area contributed by atoms with Crippen LogP contribution in [0.15, 0.2) is 48.8 Å². The molecule has 0 spiro atoms. The predicted octanol–water partition coefficient (Wildman–Crippen LogP) is 3.80. The van der Waals surface area contributed by atoms with E-state index in [2.05, 4.69) is 16.0 Å². The Hall–Kier alpha value is -3.39. The van der Waals surface area contributed by atoms with Crippen LogP contribution in [-0.4, -0.2) is 33.9 Å². The first kappa shape index (κ1) is 17.0. The van der Waals surface area contributed by atoms with Gasteiger partial charge in [-0.25, -0.2) is 4.98 Å². The summed E-state index contributed by atoms with van der Waals surface area (Å²) in [7, 11) is 0. The van der Waals surface area contributed by atoms with Gasteiger partial charge in [0.2, 0.25) is 0 Å². The van der Waals surface area contributed by atoms with Crippen LogP contribution >= 0.6 is 0 Å². The van der Waals surface area contributed by atoms with Crippen molar-refractivity contribution in [2.24, 2.45) is 0 Å². The van der Waals surface area contributed by atoms with Crippen molar-refractivity contribution in [3.05, 3.63) is 76.7 Å². The highest BCUT2D eigenvalue weighted by Crippen LogP contribution is 2.30. The number of H-pyrrole nitrogens is 1. The fourth-order valence-electron chi connectivity index (χ4n) is 3.51. The Kier molecular flexibility index (Phi) is 4.25. The van der Waals surface area contributed by atoms with Crippen molar-refractivity contribution in [1.82, 2.24) is 14.9 Å². The average Bonchev–Trinajstić information content (AvgIpc) is 3.07. The molecule has 0 bridgehead atoms. The fraction of sp³-hybridized carbons (Fsp3) is 0.227. The molecule has 2 aromatic carbocycles. The molecule has 1 aliphatic heterocycles. The lowest BCUT2D eigenvalue weighted by Crippen LogP contribution is -2.48. The number of aromatic nitrogens is 2. The van der Waals surface area contributed by atoms with E-state index in [1.165, 1.54) is 5.56 Å². The highest BCUT2D eigenvalue weighted by Gasteiger charge is 2.32. The Morgan fingerprint density at radius 3 is 2.56 bits per heavy atom. The van der Waals surface area contributed by atoms with Crippen molar-refractivity contribution in [3.63, 3.8) is 0 Å². The SMILES string of the molecule is Cc1ccc(C(=O)N2CC(c3ccc(C#N)cc3)C2)cc1-c1nc[nH]c1C. The lowest BCUT2D eigenvalue weighted by atomic mass is 9.90. The largest absolute Gasteiger partial charge is 0.348 e. The second-order valence-electron chi connectivity index (χ2n) is 7.05. The molecule has 0 unspecified atom stereocenters. The van der Waals surface area contributed by atoms with Crippen LogP contribution in [0.25, 0.3) is 11.3 Å². The van der Waals surface area contributed by atoms with Crippen molar-refractivity contribution in [1.29, 1.82) is 5.26 Å². The number of aromatic amines is 1. The maximum atomic E-state index is 12.9. The van der Waals surface area contributed by atoms with Gasteiger partial charge in [-0.3, -0.25) is 4.79 Å². The van der Waals surface area contributed by atoms with Gasteiger partial charge < -0.3 is 9.88 Å². The zero-order chi connectivity index (χ0) is 19.0. The number of hydrogen-bond donors (Lipinski definition) is 1. The molecule has 0 aliphatic carbocycles. The summed E-state index contributed by atoms with van der Waals surface area (Å²) >= 11 is 0. The molecule has 134 valence electrons. The maximum Gasteiger partial charge on any atom is 0.253 e. The molecule has 0 atom stereocenters. The molecule has 1 amide bonds. The zero-order valence-corrected chi connectivity index (χ0v) is 15.4. The van der Waals surface area contributed by atoms with Gasteiger partial charge in [0.1, 0.15) is 0 Å². The van der Waals surface area contributed by atoms with Gasteiger partial charge in [-0.2, -0.15) is 5.26 Å². The minimum absolute atomic E-state index is 0.0503. The van der Waals surface area contributed by atoms with Crippen LogP contribution in [0, 0.1) is 25.2 Å². The van der Waals surface area contributed by atoms with Crippen LogP contribution in [0.3, 0.4) is 0 Å². The Morgan fingerprint density at radius 1 is 1.19 bits per heavy atom. The van der Waals surface area contributed by atoms with Crippen LogP contribution in [0.1, 0.15) is 38.7 Å². The smallest absolute Gasteiger partial charge is 0.253 e. The lowest BCUT2D eigenvalue weighted by Gasteiger charge is -2.39. The van der Waals surface area contributed by atoms with Crippen LogP contribution in [-0.2, 0) is 0 Å². The molecule has 3 aromatic rings. The summed E-state index contributed by atoms with van der Waals surface area (Å²) in [4.78, 5) is 22.2. The molecule has 1 aliphatic rings. The molecule has 5 heteroatoms. The van der Waals surface area contributed by atoms with E-state index in [9.17, 15) is 4.79 Å². The van der Waals surface area contributed by atoms with Gasteiger partial charge in [0.05, 0.1) is 23.7 Å². The van der Waals surface area contributed by atoms with Crippen LogP contribution in [0.4, 0.5) is 0 Å². The van der Waals surface area contributed by atoms with Crippen LogP contribution in [0.2, 0.25) is 0 Å². The summed E-state index contributed by atoms with van der Waals surface area (Å²) in [6.45, 7) is 5.42. The van der Waals surface area contributed by atoms with E-state index >= 15 is 0 Å². The van der Waals surface area contributed by atoms with Gasteiger partial charge in [-0.15, -0.1) is 0 Å². The first-order valence-corrected chi connectivity index (χ1v) is 8.97. The molecular weight excluding hydrogens is 336 g/mol. The van der Waals surface area contributed by atoms with Crippen LogP contribution < -0.4 is 0 Å². The molecule has 1 saturated heterocycles. The fourth-order valence-corrected chi connectivity index (χ4v) is 3.51. The van der Waals surface area contributed by atoms with Gasteiger partial charge >= 0.3 is 0 Å². The van der Waals surface area contributed by atoms with E-state index in [-0.39, 0.29) is 5.91 Å². The normalized spacial score (nSPS) is 13.9. The number of nitrogens with one attached hydrogen (secondary N) is 1. The summed E-state index contributed by atoms with van der Waals surface area (Å²) < 4.78 is 0. The third kappa shape index (κ3) is 3.11. The predicted molar refractivity (Wildman–Crippen MR) is 103 cm³/mol. The number of benzene rings is 2. The maximum absolute atomic E-state index is 12.9. The van der Waals surface area contributed by atoms with Crippen molar-refractivity contribution in [2.75, 3.05) is 13.1 Å². The van der Waals surface area contributed by atoms with Gasteiger partial charge in [-0.1, -0.05) is 18.2 Å². The van der Waals surface area contributed by atoms with Gasteiger partial charge in [0.15, 0.2) is 0 Å². The highest BCUT2D eigenvalue weighted by molar-refractivity contribution is 5.96. The van der Waals surface area contributed by atoms with Crippen LogP contribution in [0.5, 0.6) is 0 Å². The standard InChI is InChI=1S/C22H20N4O/c1-14-3-6-18(9-20(14)21-15(2)24-13-25-21)22(27)26-11-19(12-26)17-7-4-16(10-23)5-8-17/h3-9,13,19H,11-12H2,1-2H3,(H,24,25). The van der Waals surface area contributed by atoms with Crippen molar-refractivity contribution in [3.8, 4) is 17.3 Å². The second-order valence-corrected chi connectivity index (χ2v) is 7.05. The number of hydrogen-bond acceptors (Lipinski definition) is 3. The summed E-state index contributed by atoms with van der Waals surface area (Å²) in [5, 5.41) is 8.90. The van der Waals surface area contributed by atoms with Gasteiger partial charge in [-0.05, 0) is 49.2 Å². The minimum Gasteiger partial charge on any atom is -0.348 e. The number of nitrogens with zero attached hydrogens (tertiary/aromatic N) is 3. The number of aryl methyl sites for hydroxylation is 2. The summed E-state index contributed by atoms with van der Waals surface area (Å²) in [5.41, 5.74) is 6.50. The van der Waals surface area contributed by atoms with Crippen molar-refractivity contribution >= 4 is 5.91 Å².